The highest BCUT2D eigenvalue weighted by molar-refractivity contribution is 7.86. The smallest absolute Gasteiger partial charge is 0.304 e. The zero-order valence-corrected chi connectivity index (χ0v) is 9.44. The topological polar surface area (TPSA) is 43.4 Å². The van der Waals surface area contributed by atoms with Crippen LogP contribution in [-0.4, -0.2) is 26.9 Å². The van der Waals surface area contributed by atoms with Gasteiger partial charge in [-0.15, -0.1) is 3.89 Å². The molecule has 0 amide bonds. The molecule has 5 heteroatoms. The lowest BCUT2D eigenvalue weighted by molar-refractivity contribution is 0.0610. The van der Waals surface area contributed by atoms with E-state index in [1.807, 2.05) is 13.8 Å². The van der Waals surface area contributed by atoms with Crippen LogP contribution in [0.1, 0.15) is 33.1 Å². The molecule has 1 aliphatic heterocycles. The lowest BCUT2D eigenvalue weighted by atomic mass is 9.77. The molecule has 1 aliphatic rings. The molecule has 14 heavy (non-hydrogen) atoms. The van der Waals surface area contributed by atoms with Crippen molar-refractivity contribution in [3.8, 4) is 0 Å². The minimum atomic E-state index is -4.42. The van der Waals surface area contributed by atoms with Crippen LogP contribution in [0.2, 0.25) is 0 Å². The summed E-state index contributed by atoms with van der Waals surface area (Å²) in [6.45, 7) is 4.54. The number of hydrogen-bond acceptors (Lipinski definition) is 3. The monoisotopic (exact) mass is 224 g/mol. The largest absolute Gasteiger partial charge is 0.376 e. The van der Waals surface area contributed by atoms with E-state index in [1.54, 1.807) is 0 Å². The van der Waals surface area contributed by atoms with Crippen molar-refractivity contribution in [3.05, 3.63) is 0 Å². The predicted octanol–water partition coefficient (Wildman–Crippen LogP) is 1.88. The van der Waals surface area contributed by atoms with Gasteiger partial charge in [-0.25, -0.2) is 0 Å². The fraction of sp³-hybridized carbons (Fsp3) is 1.00. The quantitative estimate of drug-likeness (QED) is 0.685. The van der Waals surface area contributed by atoms with Gasteiger partial charge in [0.05, 0.1) is 6.10 Å². The molecule has 0 N–H and O–H groups in total. The van der Waals surface area contributed by atoms with Crippen molar-refractivity contribution in [2.45, 2.75) is 39.2 Å². The molecule has 0 bridgehead atoms. The summed E-state index contributed by atoms with van der Waals surface area (Å²) in [6, 6.07) is 0. The summed E-state index contributed by atoms with van der Waals surface area (Å²) >= 11 is 0. The van der Waals surface area contributed by atoms with E-state index >= 15 is 0 Å². The van der Waals surface area contributed by atoms with Gasteiger partial charge in [-0.3, -0.25) is 0 Å². The van der Waals surface area contributed by atoms with Crippen molar-refractivity contribution in [2.75, 3.05) is 12.4 Å². The predicted molar refractivity (Wildman–Crippen MR) is 52.3 cm³/mol. The molecule has 1 atom stereocenters. The Labute approximate surface area is 84.9 Å². The standard InChI is InChI=1S/C9H17FO3S/c1-3-9(4-2)5-6-13-8(9)7-14(10,11)12/h8H,3-7H2,1-2H3. The van der Waals surface area contributed by atoms with Gasteiger partial charge in [0.2, 0.25) is 0 Å². The molecular weight excluding hydrogens is 207 g/mol. The maximum absolute atomic E-state index is 12.5. The molecule has 1 unspecified atom stereocenters. The van der Waals surface area contributed by atoms with Crippen molar-refractivity contribution in [2.24, 2.45) is 5.41 Å². The zero-order chi connectivity index (χ0) is 10.8. The van der Waals surface area contributed by atoms with E-state index in [0.717, 1.165) is 19.3 Å². The second-order valence-electron chi connectivity index (χ2n) is 3.88. The van der Waals surface area contributed by atoms with E-state index in [-0.39, 0.29) is 5.41 Å². The summed E-state index contributed by atoms with van der Waals surface area (Å²) in [4.78, 5) is 0. The first-order chi connectivity index (χ1) is 6.43. The molecule has 0 spiro atoms. The van der Waals surface area contributed by atoms with Crippen LogP contribution in [-0.2, 0) is 15.0 Å². The average Bonchev–Trinajstić information content (AvgIpc) is 2.46. The summed E-state index contributed by atoms with van der Waals surface area (Å²) in [5, 5.41) is 0. The minimum Gasteiger partial charge on any atom is -0.376 e. The van der Waals surface area contributed by atoms with E-state index in [1.165, 1.54) is 0 Å². The number of halogens is 1. The first kappa shape index (κ1) is 11.9. The molecule has 0 radical (unpaired) electrons. The van der Waals surface area contributed by atoms with Crippen LogP contribution in [0.3, 0.4) is 0 Å². The minimum absolute atomic E-state index is 0.140. The van der Waals surface area contributed by atoms with E-state index in [0.29, 0.717) is 6.61 Å². The molecule has 1 fully saturated rings. The Morgan fingerprint density at radius 3 is 2.43 bits per heavy atom. The van der Waals surface area contributed by atoms with Crippen molar-refractivity contribution in [1.29, 1.82) is 0 Å². The summed E-state index contributed by atoms with van der Waals surface area (Å²) < 4.78 is 39.0. The van der Waals surface area contributed by atoms with Crippen LogP contribution in [0.5, 0.6) is 0 Å². The first-order valence-electron chi connectivity index (χ1n) is 4.97. The van der Waals surface area contributed by atoms with Gasteiger partial charge in [-0.2, -0.15) is 8.42 Å². The Bertz CT molecular complexity index is 282. The summed E-state index contributed by atoms with van der Waals surface area (Å²) in [6.07, 6.45) is 2.04. The number of rotatable bonds is 4. The summed E-state index contributed by atoms with van der Waals surface area (Å²) in [5.41, 5.74) is -0.140. The molecule has 3 nitrogen and oxygen atoms in total. The lowest BCUT2D eigenvalue weighted by Gasteiger charge is -2.30. The maximum atomic E-state index is 12.5. The normalized spacial score (nSPS) is 26.6. The highest BCUT2D eigenvalue weighted by Crippen LogP contribution is 2.41. The van der Waals surface area contributed by atoms with Crippen molar-refractivity contribution in [3.63, 3.8) is 0 Å². The van der Waals surface area contributed by atoms with E-state index < -0.39 is 22.1 Å². The van der Waals surface area contributed by atoms with E-state index in [9.17, 15) is 12.3 Å². The van der Waals surface area contributed by atoms with Gasteiger partial charge in [-0.05, 0) is 24.7 Å². The third-order valence-electron chi connectivity index (χ3n) is 3.36. The summed E-state index contributed by atoms with van der Waals surface area (Å²) in [7, 11) is -4.42. The van der Waals surface area contributed by atoms with Crippen molar-refractivity contribution >= 4 is 10.2 Å². The molecule has 1 heterocycles. The second-order valence-corrected chi connectivity index (χ2v) is 5.30. The Balaban J connectivity index is 2.77. The van der Waals surface area contributed by atoms with Crippen LogP contribution >= 0.6 is 0 Å². The average molecular weight is 224 g/mol. The number of ether oxygens (including phenoxy) is 1. The molecule has 1 saturated heterocycles. The molecule has 84 valence electrons. The Morgan fingerprint density at radius 2 is 2.00 bits per heavy atom. The molecule has 0 aromatic carbocycles. The van der Waals surface area contributed by atoms with Crippen LogP contribution in [0.15, 0.2) is 0 Å². The highest BCUT2D eigenvalue weighted by atomic mass is 32.3. The van der Waals surface area contributed by atoms with Crippen LogP contribution in [0.25, 0.3) is 0 Å². The SMILES string of the molecule is CCC1(CC)CCOC1CS(=O)(=O)F. The Kier molecular flexibility index (Phi) is 3.53. The fourth-order valence-electron chi connectivity index (χ4n) is 2.21. The van der Waals surface area contributed by atoms with E-state index in [2.05, 4.69) is 0 Å². The van der Waals surface area contributed by atoms with Gasteiger partial charge in [0, 0.05) is 6.61 Å². The molecule has 0 saturated carbocycles. The molecule has 0 aliphatic carbocycles. The van der Waals surface area contributed by atoms with Crippen LogP contribution in [0.4, 0.5) is 3.89 Å². The van der Waals surface area contributed by atoms with Gasteiger partial charge >= 0.3 is 10.2 Å². The summed E-state index contributed by atoms with van der Waals surface area (Å²) in [5.74, 6) is -0.491. The highest BCUT2D eigenvalue weighted by Gasteiger charge is 2.43. The first-order valence-corrected chi connectivity index (χ1v) is 6.53. The maximum Gasteiger partial charge on any atom is 0.304 e. The van der Waals surface area contributed by atoms with Crippen LogP contribution in [0, 0.1) is 5.41 Å². The van der Waals surface area contributed by atoms with E-state index in [4.69, 9.17) is 4.74 Å². The Hall–Kier alpha value is -0.160. The van der Waals surface area contributed by atoms with Gasteiger partial charge < -0.3 is 4.74 Å². The van der Waals surface area contributed by atoms with Gasteiger partial charge in [0.25, 0.3) is 0 Å². The zero-order valence-electron chi connectivity index (χ0n) is 8.62. The second kappa shape index (κ2) is 4.14. The van der Waals surface area contributed by atoms with Gasteiger partial charge in [-0.1, -0.05) is 13.8 Å². The number of hydrogen-bond donors (Lipinski definition) is 0. The van der Waals surface area contributed by atoms with Gasteiger partial charge in [0.1, 0.15) is 5.75 Å². The molecule has 1 rings (SSSR count). The molecule has 0 aromatic heterocycles. The fourth-order valence-corrected chi connectivity index (χ4v) is 3.02. The third-order valence-corrected chi connectivity index (χ3v) is 4.06. The van der Waals surface area contributed by atoms with Gasteiger partial charge in [0.15, 0.2) is 0 Å². The van der Waals surface area contributed by atoms with Crippen molar-refractivity contribution in [1.82, 2.24) is 0 Å². The molecule has 0 aromatic rings. The van der Waals surface area contributed by atoms with Crippen LogP contribution < -0.4 is 0 Å². The molecular formula is C9H17FO3S. The lowest BCUT2D eigenvalue weighted by Crippen LogP contribution is -2.34. The van der Waals surface area contributed by atoms with Crippen molar-refractivity contribution < 1.29 is 17.0 Å². The Morgan fingerprint density at radius 1 is 1.43 bits per heavy atom. The third kappa shape index (κ3) is 2.45.